The molecule has 1 fully saturated rings. The molecule has 0 bridgehead atoms. The predicted octanol–water partition coefficient (Wildman–Crippen LogP) is 19.2. The lowest BCUT2D eigenvalue weighted by molar-refractivity contribution is 0.396. The van der Waals surface area contributed by atoms with Gasteiger partial charge in [0.15, 0.2) is 0 Å². The number of anilines is 6. The Kier molecular flexibility index (Phi) is 13.9. The lowest BCUT2D eigenvalue weighted by Gasteiger charge is -2.31. The van der Waals surface area contributed by atoms with Gasteiger partial charge in [0.05, 0.1) is 0 Å². The summed E-state index contributed by atoms with van der Waals surface area (Å²) in [6, 6.07) is 101. The van der Waals surface area contributed by atoms with Crippen LogP contribution >= 0.6 is 0 Å². The number of rotatable bonds is 14. The van der Waals surface area contributed by atoms with Crippen LogP contribution in [0.1, 0.15) is 82.0 Å². The van der Waals surface area contributed by atoms with Crippen LogP contribution in [0.25, 0.3) is 23.3 Å². The topological polar surface area (TPSA) is 6.48 Å². The van der Waals surface area contributed by atoms with Gasteiger partial charge in [0.1, 0.15) is 0 Å². The zero-order valence-corrected chi connectivity index (χ0v) is 40.6. The van der Waals surface area contributed by atoms with Crippen molar-refractivity contribution in [1.29, 1.82) is 0 Å². The van der Waals surface area contributed by atoms with Gasteiger partial charge in [-0.1, -0.05) is 206 Å². The monoisotopic (exact) mass is 926 g/mol. The molecule has 0 aliphatic heterocycles. The molecule has 72 heavy (non-hydrogen) atoms. The first kappa shape index (κ1) is 45.7. The second-order valence-electron chi connectivity index (χ2n) is 18.8. The summed E-state index contributed by atoms with van der Waals surface area (Å²) in [4.78, 5) is 4.74. The molecule has 0 amide bonds. The summed E-state index contributed by atoms with van der Waals surface area (Å²) in [5, 5.41) is 0. The third-order valence-corrected chi connectivity index (χ3v) is 14.3. The Labute approximate surface area is 426 Å². The normalized spacial score (nSPS) is 14.2. The molecular formula is C70H58N2. The molecule has 0 spiro atoms. The van der Waals surface area contributed by atoms with Crippen LogP contribution in [0, 0.1) is 0 Å². The Bertz CT molecular complexity index is 3010. The van der Waals surface area contributed by atoms with Crippen LogP contribution < -0.4 is 9.80 Å². The first-order chi connectivity index (χ1) is 35.7. The van der Waals surface area contributed by atoms with Gasteiger partial charge in [-0.2, -0.15) is 0 Å². The van der Waals surface area contributed by atoms with E-state index < -0.39 is 0 Å². The van der Waals surface area contributed by atoms with Crippen molar-refractivity contribution in [2.75, 3.05) is 9.80 Å². The summed E-state index contributed by atoms with van der Waals surface area (Å²) >= 11 is 0. The molecule has 10 aromatic rings. The van der Waals surface area contributed by atoms with Gasteiger partial charge < -0.3 is 9.80 Å². The van der Waals surface area contributed by atoms with Gasteiger partial charge in [0.2, 0.25) is 0 Å². The van der Waals surface area contributed by atoms with E-state index >= 15 is 0 Å². The lowest BCUT2D eigenvalue weighted by Crippen LogP contribution is -2.13. The quantitative estimate of drug-likeness (QED) is 0.100. The molecule has 0 radical (unpaired) electrons. The molecular weight excluding hydrogens is 869 g/mol. The maximum absolute atomic E-state index is 2.38. The van der Waals surface area contributed by atoms with Crippen molar-refractivity contribution in [3.63, 3.8) is 0 Å². The third kappa shape index (κ3) is 10.6. The molecule has 1 saturated carbocycles. The highest BCUT2D eigenvalue weighted by Gasteiger charge is 2.25. The van der Waals surface area contributed by atoms with Gasteiger partial charge in [-0.3, -0.25) is 0 Å². The Morgan fingerprint density at radius 2 is 0.472 bits per heavy atom. The number of benzene rings is 10. The molecule has 1 aliphatic rings. The Morgan fingerprint density at radius 1 is 0.250 bits per heavy atom. The first-order valence-electron chi connectivity index (χ1n) is 25.5. The van der Waals surface area contributed by atoms with E-state index in [1.165, 1.54) is 70.2 Å². The highest BCUT2D eigenvalue weighted by molar-refractivity contribution is 5.93. The summed E-state index contributed by atoms with van der Waals surface area (Å²) in [5.41, 5.74) is 19.3. The molecule has 348 valence electrons. The van der Waals surface area contributed by atoms with Crippen molar-refractivity contribution in [1.82, 2.24) is 0 Å². The van der Waals surface area contributed by atoms with Gasteiger partial charge in [-0.25, -0.2) is 0 Å². The Morgan fingerprint density at radius 3 is 0.736 bits per heavy atom. The molecule has 10 aromatic carbocycles. The van der Waals surface area contributed by atoms with Crippen molar-refractivity contribution in [2.24, 2.45) is 0 Å². The number of nitrogens with zero attached hydrogens (tertiary/aromatic N) is 2. The number of hydrogen-bond acceptors (Lipinski definition) is 2. The summed E-state index contributed by atoms with van der Waals surface area (Å²) in [5.74, 6) is 1.11. The van der Waals surface area contributed by atoms with E-state index in [-0.39, 0.29) is 0 Å². The fourth-order valence-electron chi connectivity index (χ4n) is 10.5. The molecule has 2 nitrogen and oxygen atoms in total. The van der Waals surface area contributed by atoms with E-state index in [1.54, 1.807) is 0 Å². The van der Waals surface area contributed by atoms with E-state index in [9.17, 15) is 0 Å². The summed E-state index contributed by atoms with van der Waals surface area (Å²) in [7, 11) is 0. The molecule has 0 atom stereocenters. The predicted molar refractivity (Wildman–Crippen MR) is 306 cm³/mol. The van der Waals surface area contributed by atoms with Crippen LogP contribution in [0.2, 0.25) is 0 Å². The van der Waals surface area contributed by atoms with Crippen molar-refractivity contribution < 1.29 is 0 Å². The van der Waals surface area contributed by atoms with Crippen LogP contribution in [-0.4, -0.2) is 0 Å². The fraction of sp³-hybridized carbons (Fsp3) is 0.0857. The SMILES string of the molecule is C(=C(c1ccccc1)c1ccccc1)c1ccc(N(c2ccccc2)c2ccc(C3CCC(c4ccc(N(c5ccccc5)c5ccc(C=C(c6ccccc6)c6ccccc6)cc5)cc4)CC3)cc2)cc1. The Hall–Kier alpha value is -8.72. The van der Waals surface area contributed by atoms with Gasteiger partial charge in [0.25, 0.3) is 0 Å². The third-order valence-electron chi connectivity index (χ3n) is 14.3. The number of hydrogen-bond donors (Lipinski definition) is 0. The van der Waals surface area contributed by atoms with E-state index in [1.807, 2.05) is 0 Å². The molecule has 11 rings (SSSR count). The molecule has 0 aromatic heterocycles. The van der Waals surface area contributed by atoms with E-state index in [0.717, 1.165) is 45.3 Å². The minimum Gasteiger partial charge on any atom is -0.311 e. The van der Waals surface area contributed by atoms with Gasteiger partial charge in [0, 0.05) is 34.1 Å². The van der Waals surface area contributed by atoms with E-state index in [2.05, 4.69) is 301 Å². The Balaban J connectivity index is 0.779. The maximum atomic E-state index is 2.38. The van der Waals surface area contributed by atoms with E-state index in [4.69, 9.17) is 0 Å². The minimum atomic E-state index is 0.553. The van der Waals surface area contributed by atoms with Crippen LogP contribution in [0.4, 0.5) is 34.1 Å². The average molecular weight is 927 g/mol. The highest BCUT2D eigenvalue weighted by atomic mass is 15.1. The second-order valence-corrected chi connectivity index (χ2v) is 18.8. The number of para-hydroxylation sites is 2. The average Bonchev–Trinajstić information content (AvgIpc) is 3.47. The summed E-state index contributed by atoms with van der Waals surface area (Å²) in [6.45, 7) is 0. The van der Waals surface area contributed by atoms with Crippen molar-refractivity contribution in [2.45, 2.75) is 37.5 Å². The van der Waals surface area contributed by atoms with Crippen LogP contribution in [0.5, 0.6) is 0 Å². The molecule has 0 unspecified atom stereocenters. The zero-order valence-electron chi connectivity index (χ0n) is 40.6. The van der Waals surface area contributed by atoms with Crippen molar-refractivity contribution >= 4 is 57.4 Å². The van der Waals surface area contributed by atoms with Gasteiger partial charge in [-0.15, -0.1) is 0 Å². The highest BCUT2D eigenvalue weighted by Crippen LogP contribution is 2.43. The van der Waals surface area contributed by atoms with E-state index in [0.29, 0.717) is 11.8 Å². The molecule has 0 N–H and O–H groups in total. The van der Waals surface area contributed by atoms with Crippen LogP contribution in [0.15, 0.2) is 279 Å². The largest absolute Gasteiger partial charge is 0.311 e. The van der Waals surface area contributed by atoms with Crippen molar-refractivity contribution in [3.8, 4) is 0 Å². The van der Waals surface area contributed by atoms with Crippen LogP contribution in [0.3, 0.4) is 0 Å². The minimum absolute atomic E-state index is 0.553. The van der Waals surface area contributed by atoms with Crippen LogP contribution in [-0.2, 0) is 0 Å². The smallest absolute Gasteiger partial charge is 0.0462 e. The molecule has 0 heterocycles. The van der Waals surface area contributed by atoms with Crippen molar-refractivity contribution in [3.05, 3.63) is 324 Å². The summed E-state index contributed by atoms with van der Waals surface area (Å²) < 4.78 is 0. The lowest BCUT2D eigenvalue weighted by atomic mass is 9.76. The zero-order chi connectivity index (χ0) is 48.3. The fourth-order valence-corrected chi connectivity index (χ4v) is 10.5. The second kappa shape index (κ2) is 21.9. The first-order valence-corrected chi connectivity index (χ1v) is 25.5. The molecule has 0 saturated heterocycles. The summed E-state index contributed by atoms with van der Waals surface area (Å²) in [6.07, 6.45) is 9.34. The van der Waals surface area contributed by atoms with Gasteiger partial charge in [-0.05, 0) is 178 Å². The molecule has 2 heteroatoms. The standard InChI is InChI=1S/C70H58N2/c1-7-19-59(20-8-1)69(60-21-9-2-10-22-60)51-53-31-43-65(44-32-53)71(63-27-15-5-16-28-63)67-47-39-57(40-48-67)55-35-37-56(38-36-55)58-41-49-68(50-42-58)72(64-29-17-6-18-30-64)66-45-33-54(34-46-66)52-70(61-23-11-3-12-24-61)62-25-13-4-14-26-62/h1-34,39-52,55-56H,35-38H2. The molecule has 1 aliphatic carbocycles. The van der Waals surface area contributed by atoms with Gasteiger partial charge >= 0.3 is 0 Å². The maximum Gasteiger partial charge on any atom is 0.0462 e.